The SMILES string of the molecule is Cc1cc(=O)c(O)c(C2(CC(=O)NC3CCN(CC4CC4)CC3)CCOCC2)o1. The van der Waals surface area contributed by atoms with Crippen LogP contribution in [-0.2, 0) is 14.9 Å². The van der Waals surface area contributed by atoms with E-state index in [0.29, 0.717) is 31.8 Å². The van der Waals surface area contributed by atoms with Crippen LogP contribution in [0.2, 0.25) is 0 Å². The van der Waals surface area contributed by atoms with Crippen LogP contribution in [0, 0.1) is 12.8 Å². The molecule has 1 saturated carbocycles. The van der Waals surface area contributed by atoms with Crippen molar-refractivity contribution >= 4 is 5.91 Å². The zero-order valence-electron chi connectivity index (χ0n) is 17.2. The van der Waals surface area contributed by atoms with Crippen molar-refractivity contribution in [2.24, 2.45) is 5.92 Å². The van der Waals surface area contributed by atoms with Crippen LogP contribution in [0.5, 0.6) is 5.75 Å². The second-order valence-corrected chi connectivity index (χ2v) is 9.05. The lowest BCUT2D eigenvalue weighted by molar-refractivity contribution is -0.124. The highest BCUT2D eigenvalue weighted by atomic mass is 16.5. The molecule has 1 aliphatic carbocycles. The first-order chi connectivity index (χ1) is 13.9. The highest BCUT2D eigenvalue weighted by molar-refractivity contribution is 5.78. The number of hydrogen-bond acceptors (Lipinski definition) is 6. The topological polar surface area (TPSA) is 92.0 Å². The summed E-state index contributed by atoms with van der Waals surface area (Å²) in [6.45, 7) is 5.91. The summed E-state index contributed by atoms with van der Waals surface area (Å²) in [5.74, 6) is 1.15. The number of nitrogens with zero attached hydrogens (tertiary/aromatic N) is 1. The lowest BCUT2D eigenvalue weighted by atomic mass is 9.74. The molecule has 2 N–H and O–H groups in total. The predicted octanol–water partition coefficient (Wildman–Crippen LogP) is 2.08. The Morgan fingerprint density at radius 3 is 2.59 bits per heavy atom. The summed E-state index contributed by atoms with van der Waals surface area (Å²) in [5, 5.41) is 13.6. The number of aromatic hydroxyl groups is 1. The molecule has 160 valence electrons. The van der Waals surface area contributed by atoms with Crippen LogP contribution in [0.3, 0.4) is 0 Å². The fourth-order valence-corrected chi connectivity index (χ4v) is 4.72. The molecule has 0 atom stereocenters. The van der Waals surface area contributed by atoms with Gasteiger partial charge in [-0.15, -0.1) is 0 Å². The average Bonchev–Trinajstić information content (AvgIpc) is 3.51. The van der Waals surface area contributed by atoms with Crippen LogP contribution in [-0.4, -0.2) is 54.8 Å². The van der Waals surface area contributed by atoms with E-state index in [9.17, 15) is 14.7 Å². The molecule has 3 aliphatic rings. The van der Waals surface area contributed by atoms with E-state index in [1.165, 1.54) is 25.5 Å². The zero-order valence-corrected chi connectivity index (χ0v) is 17.2. The molecule has 3 heterocycles. The Kier molecular flexibility index (Phi) is 5.97. The molecule has 3 fully saturated rings. The minimum atomic E-state index is -0.704. The number of hydrogen-bond donors (Lipinski definition) is 2. The van der Waals surface area contributed by atoms with Crippen LogP contribution in [0.4, 0.5) is 0 Å². The third kappa shape index (κ3) is 4.83. The Labute approximate surface area is 171 Å². The van der Waals surface area contributed by atoms with Crippen molar-refractivity contribution in [3.63, 3.8) is 0 Å². The first-order valence-corrected chi connectivity index (χ1v) is 10.9. The van der Waals surface area contributed by atoms with Gasteiger partial charge < -0.3 is 24.5 Å². The molecule has 1 aromatic rings. The first-order valence-electron chi connectivity index (χ1n) is 10.9. The van der Waals surface area contributed by atoms with Gasteiger partial charge in [-0.25, -0.2) is 0 Å². The number of likely N-dealkylation sites (tertiary alicyclic amines) is 1. The number of piperidine rings is 1. The Hall–Kier alpha value is -1.86. The molecule has 1 aromatic heterocycles. The molecule has 7 heteroatoms. The molecule has 0 spiro atoms. The summed E-state index contributed by atoms with van der Waals surface area (Å²) < 4.78 is 11.3. The van der Waals surface area contributed by atoms with Crippen molar-refractivity contribution in [3.05, 3.63) is 27.8 Å². The smallest absolute Gasteiger partial charge is 0.227 e. The van der Waals surface area contributed by atoms with E-state index in [2.05, 4.69) is 10.2 Å². The number of carbonyl (C=O) groups is 1. The summed E-state index contributed by atoms with van der Waals surface area (Å²) >= 11 is 0. The van der Waals surface area contributed by atoms with Gasteiger partial charge in [0.25, 0.3) is 0 Å². The van der Waals surface area contributed by atoms with Gasteiger partial charge in [0.2, 0.25) is 17.1 Å². The van der Waals surface area contributed by atoms with Crippen LogP contribution in [0.25, 0.3) is 0 Å². The molecular weight excluding hydrogens is 372 g/mol. The molecule has 0 aromatic carbocycles. The second-order valence-electron chi connectivity index (χ2n) is 9.05. The van der Waals surface area contributed by atoms with Crippen molar-refractivity contribution in [2.45, 2.75) is 63.3 Å². The van der Waals surface area contributed by atoms with Crippen LogP contribution in [0.15, 0.2) is 15.3 Å². The van der Waals surface area contributed by atoms with Gasteiger partial charge in [-0.2, -0.15) is 0 Å². The van der Waals surface area contributed by atoms with Gasteiger partial charge in [-0.3, -0.25) is 9.59 Å². The Balaban J connectivity index is 1.42. The van der Waals surface area contributed by atoms with Crippen molar-refractivity contribution in [2.75, 3.05) is 32.8 Å². The zero-order chi connectivity index (χ0) is 20.4. The molecule has 4 rings (SSSR count). The van der Waals surface area contributed by atoms with E-state index in [-0.39, 0.29) is 29.9 Å². The predicted molar refractivity (Wildman–Crippen MR) is 108 cm³/mol. The molecule has 0 bridgehead atoms. The third-order valence-electron chi connectivity index (χ3n) is 6.64. The number of amides is 1. The van der Waals surface area contributed by atoms with Crippen molar-refractivity contribution < 1.29 is 19.1 Å². The van der Waals surface area contributed by atoms with Crippen molar-refractivity contribution in [3.8, 4) is 5.75 Å². The molecule has 29 heavy (non-hydrogen) atoms. The number of rotatable bonds is 6. The Morgan fingerprint density at radius 1 is 1.24 bits per heavy atom. The lowest BCUT2D eigenvalue weighted by Gasteiger charge is -2.37. The summed E-state index contributed by atoms with van der Waals surface area (Å²) in [6, 6.07) is 1.47. The first kappa shape index (κ1) is 20.4. The number of aryl methyl sites for hydroxylation is 1. The summed E-state index contributed by atoms with van der Waals surface area (Å²) in [5.41, 5.74) is -1.16. The fraction of sp³-hybridized carbons (Fsp3) is 0.727. The molecular formula is C22H32N2O5. The molecule has 2 aliphatic heterocycles. The standard InChI is InChI=1S/C22H32N2O5/c1-15-12-18(25)20(27)21(29-15)22(6-10-28-11-7-22)13-19(26)23-17-4-8-24(9-5-17)14-16-2-3-16/h12,16-17,27H,2-11,13-14H2,1H3,(H,23,26). The summed E-state index contributed by atoms with van der Waals surface area (Å²) in [6.07, 6.45) is 5.95. The van der Waals surface area contributed by atoms with Crippen molar-refractivity contribution in [1.29, 1.82) is 0 Å². The van der Waals surface area contributed by atoms with E-state index in [4.69, 9.17) is 9.15 Å². The summed E-state index contributed by atoms with van der Waals surface area (Å²) in [7, 11) is 0. The van der Waals surface area contributed by atoms with Gasteiger partial charge in [-0.05, 0) is 51.4 Å². The molecule has 2 saturated heterocycles. The largest absolute Gasteiger partial charge is 0.502 e. The Bertz CT molecular complexity index is 787. The van der Waals surface area contributed by atoms with Crippen LogP contribution in [0.1, 0.15) is 56.5 Å². The molecule has 0 unspecified atom stereocenters. The molecule has 1 amide bonds. The highest BCUT2D eigenvalue weighted by Crippen LogP contribution is 2.41. The maximum Gasteiger partial charge on any atom is 0.227 e. The number of nitrogens with one attached hydrogen (secondary N) is 1. The highest BCUT2D eigenvalue weighted by Gasteiger charge is 2.42. The van der Waals surface area contributed by atoms with Gasteiger partial charge in [0.05, 0.1) is 0 Å². The molecule has 7 nitrogen and oxygen atoms in total. The number of ether oxygens (including phenoxy) is 1. The molecule has 0 radical (unpaired) electrons. The van der Waals surface area contributed by atoms with Gasteiger partial charge >= 0.3 is 0 Å². The van der Waals surface area contributed by atoms with E-state index >= 15 is 0 Å². The van der Waals surface area contributed by atoms with Gasteiger partial charge in [0, 0.05) is 56.8 Å². The summed E-state index contributed by atoms with van der Waals surface area (Å²) in [4.78, 5) is 27.6. The lowest BCUT2D eigenvalue weighted by Crippen LogP contribution is -2.47. The fourth-order valence-electron chi connectivity index (χ4n) is 4.72. The quantitative estimate of drug-likeness (QED) is 0.754. The van der Waals surface area contributed by atoms with Gasteiger partial charge in [-0.1, -0.05) is 0 Å². The average molecular weight is 405 g/mol. The van der Waals surface area contributed by atoms with E-state index in [1.54, 1.807) is 6.92 Å². The van der Waals surface area contributed by atoms with E-state index in [1.807, 2.05) is 0 Å². The second kappa shape index (κ2) is 8.48. The van der Waals surface area contributed by atoms with Crippen LogP contribution < -0.4 is 10.7 Å². The third-order valence-corrected chi connectivity index (χ3v) is 6.64. The maximum atomic E-state index is 12.9. The van der Waals surface area contributed by atoms with E-state index in [0.717, 1.165) is 31.8 Å². The van der Waals surface area contributed by atoms with Gasteiger partial charge in [0.15, 0.2) is 5.76 Å². The number of carbonyl (C=O) groups excluding carboxylic acids is 1. The Morgan fingerprint density at radius 2 is 1.93 bits per heavy atom. The minimum absolute atomic E-state index is 0.0453. The maximum absolute atomic E-state index is 12.9. The monoisotopic (exact) mass is 404 g/mol. The normalized spacial score (nSPS) is 23.1. The van der Waals surface area contributed by atoms with Crippen molar-refractivity contribution in [1.82, 2.24) is 10.2 Å². The minimum Gasteiger partial charge on any atom is -0.502 e. The van der Waals surface area contributed by atoms with E-state index < -0.39 is 10.8 Å². The van der Waals surface area contributed by atoms with Crippen LogP contribution >= 0.6 is 0 Å². The van der Waals surface area contributed by atoms with Gasteiger partial charge in [0.1, 0.15) is 5.76 Å².